The van der Waals surface area contributed by atoms with Crippen molar-refractivity contribution in [2.45, 2.75) is 6.04 Å². The normalized spacial score (nSPS) is 20.0. The van der Waals surface area contributed by atoms with Crippen LogP contribution in [0.4, 0.5) is 5.82 Å². The van der Waals surface area contributed by atoms with Crippen molar-refractivity contribution in [1.29, 1.82) is 0 Å². The van der Waals surface area contributed by atoms with Crippen LogP contribution in [0.15, 0.2) is 46.9 Å². The van der Waals surface area contributed by atoms with Gasteiger partial charge in [0, 0.05) is 63.9 Å². The lowest BCUT2D eigenvalue weighted by atomic mass is 10.2. The van der Waals surface area contributed by atoms with Crippen molar-refractivity contribution in [2.24, 2.45) is 4.99 Å². The van der Waals surface area contributed by atoms with Crippen molar-refractivity contribution in [2.75, 3.05) is 71.0 Å². The molecule has 0 amide bonds. The Labute approximate surface area is 177 Å². The Morgan fingerprint density at radius 1 is 1.14 bits per heavy atom. The number of nitrogens with one attached hydrogen (secondary N) is 1. The molecule has 2 fully saturated rings. The molecular formula is C21H30N6OS. The van der Waals surface area contributed by atoms with Gasteiger partial charge in [0.1, 0.15) is 5.82 Å². The lowest BCUT2D eigenvalue weighted by Crippen LogP contribution is -2.54. The van der Waals surface area contributed by atoms with Crippen LogP contribution >= 0.6 is 11.3 Å². The highest BCUT2D eigenvalue weighted by Gasteiger charge is 2.25. The topological polar surface area (TPSA) is 56.2 Å². The Balaban J connectivity index is 1.35. The standard InChI is InChI=1S/C21H30N6OS/c1-22-21(27-10-8-26(9-11-27)20-6-2-3-7-23-20)24-17-18(19-5-4-16-29-19)25-12-14-28-15-13-25/h2-7,16,18H,8-15,17H2,1H3,(H,22,24). The first-order chi connectivity index (χ1) is 14.3. The van der Waals surface area contributed by atoms with Crippen molar-refractivity contribution in [3.63, 3.8) is 0 Å². The molecule has 2 aliphatic rings. The van der Waals surface area contributed by atoms with E-state index in [0.717, 1.165) is 70.8 Å². The van der Waals surface area contributed by atoms with Crippen molar-refractivity contribution in [3.05, 3.63) is 46.8 Å². The van der Waals surface area contributed by atoms with Gasteiger partial charge in [0.15, 0.2) is 5.96 Å². The monoisotopic (exact) mass is 414 g/mol. The lowest BCUT2D eigenvalue weighted by molar-refractivity contribution is 0.0176. The predicted octanol–water partition coefficient (Wildman–Crippen LogP) is 1.91. The van der Waals surface area contributed by atoms with Crippen LogP contribution in [0.5, 0.6) is 0 Å². The quantitative estimate of drug-likeness (QED) is 0.596. The average Bonchev–Trinajstić information content (AvgIpc) is 3.33. The zero-order chi connectivity index (χ0) is 19.9. The van der Waals surface area contributed by atoms with E-state index in [1.54, 1.807) is 0 Å². The molecule has 0 aliphatic carbocycles. The maximum atomic E-state index is 5.56. The fourth-order valence-corrected chi connectivity index (χ4v) is 4.85. The summed E-state index contributed by atoms with van der Waals surface area (Å²) < 4.78 is 5.56. The molecule has 1 N–H and O–H groups in total. The summed E-state index contributed by atoms with van der Waals surface area (Å²) in [5.74, 6) is 2.04. The van der Waals surface area contributed by atoms with Gasteiger partial charge in [0.25, 0.3) is 0 Å². The van der Waals surface area contributed by atoms with Gasteiger partial charge in [-0.2, -0.15) is 0 Å². The molecule has 4 heterocycles. The number of guanidine groups is 1. The van der Waals surface area contributed by atoms with Gasteiger partial charge in [-0.05, 0) is 23.6 Å². The number of rotatable bonds is 5. The van der Waals surface area contributed by atoms with E-state index in [0.29, 0.717) is 6.04 Å². The van der Waals surface area contributed by atoms with Gasteiger partial charge in [0.05, 0.1) is 19.3 Å². The Bertz CT molecular complexity index is 755. The average molecular weight is 415 g/mol. The molecule has 2 aromatic heterocycles. The maximum Gasteiger partial charge on any atom is 0.193 e. The van der Waals surface area contributed by atoms with Gasteiger partial charge >= 0.3 is 0 Å². The summed E-state index contributed by atoms with van der Waals surface area (Å²) in [5, 5.41) is 5.81. The molecule has 0 radical (unpaired) electrons. The third kappa shape index (κ3) is 5.07. The summed E-state index contributed by atoms with van der Waals surface area (Å²) >= 11 is 1.83. The molecule has 29 heavy (non-hydrogen) atoms. The summed E-state index contributed by atoms with van der Waals surface area (Å²) in [6.07, 6.45) is 1.86. The van der Waals surface area contributed by atoms with E-state index < -0.39 is 0 Å². The molecule has 1 atom stereocenters. The molecule has 8 heteroatoms. The highest BCUT2D eigenvalue weighted by atomic mass is 32.1. The van der Waals surface area contributed by atoms with Crippen molar-refractivity contribution in [3.8, 4) is 0 Å². The Morgan fingerprint density at radius 2 is 1.97 bits per heavy atom. The minimum Gasteiger partial charge on any atom is -0.379 e. The number of pyridine rings is 1. The Kier molecular flexibility index (Phi) is 6.97. The van der Waals surface area contributed by atoms with Gasteiger partial charge in [-0.25, -0.2) is 4.98 Å². The largest absolute Gasteiger partial charge is 0.379 e. The molecule has 2 aromatic rings. The number of thiophene rings is 1. The highest BCUT2D eigenvalue weighted by molar-refractivity contribution is 7.10. The summed E-state index contributed by atoms with van der Waals surface area (Å²) in [6, 6.07) is 10.8. The summed E-state index contributed by atoms with van der Waals surface area (Å²) in [6.45, 7) is 8.23. The first-order valence-corrected chi connectivity index (χ1v) is 11.2. The van der Waals surface area contributed by atoms with Crippen molar-refractivity contribution >= 4 is 23.1 Å². The van der Waals surface area contributed by atoms with Crippen molar-refractivity contribution in [1.82, 2.24) is 20.1 Å². The smallest absolute Gasteiger partial charge is 0.193 e. The number of ether oxygens (including phenoxy) is 1. The van der Waals surface area contributed by atoms with E-state index in [-0.39, 0.29) is 0 Å². The number of hydrogen-bond donors (Lipinski definition) is 1. The first kappa shape index (κ1) is 20.1. The third-order valence-electron chi connectivity index (χ3n) is 5.58. The van der Waals surface area contributed by atoms with Gasteiger partial charge in [0.2, 0.25) is 0 Å². The zero-order valence-corrected chi connectivity index (χ0v) is 17.9. The van der Waals surface area contributed by atoms with Crippen LogP contribution in [0.2, 0.25) is 0 Å². The van der Waals surface area contributed by atoms with Crippen LogP contribution in [0.3, 0.4) is 0 Å². The fourth-order valence-electron chi connectivity index (χ4n) is 3.99. The second-order valence-corrected chi connectivity index (χ2v) is 8.25. The molecule has 2 aliphatic heterocycles. The number of piperazine rings is 1. The van der Waals surface area contributed by atoms with Crippen LogP contribution in [-0.4, -0.2) is 86.8 Å². The van der Waals surface area contributed by atoms with E-state index in [1.807, 2.05) is 36.7 Å². The second-order valence-electron chi connectivity index (χ2n) is 7.27. The molecule has 4 rings (SSSR count). The summed E-state index contributed by atoms with van der Waals surface area (Å²) in [5.41, 5.74) is 0. The Hall–Kier alpha value is -2.16. The molecule has 7 nitrogen and oxygen atoms in total. The number of nitrogens with zero attached hydrogens (tertiary/aromatic N) is 5. The van der Waals surface area contributed by atoms with Crippen LogP contribution in [0, 0.1) is 0 Å². The molecule has 0 spiro atoms. The van der Waals surface area contributed by atoms with Gasteiger partial charge in [-0.3, -0.25) is 9.89 Å². The van der Waals surface area contributed by atoms with Gasteiger partial charge in [-0.1, -0.05) is 12.1 Å². The highest BCUT2D eigenvalue weighted by Crippen LogP contribution is 2.25. The van der Waals surface area contributed by atoms with E-state index in [2.05, 4.69) is 53.6 Å². The number of anilines is 1. The van der Waals surface area contributed by atoms with Crippen LogP contribution < -0.4 is 10.2 Å². The molecule has 2 saturated heterocycles. The minimum absolute atomic E-state index is 0.352. The number of morpholine rings is 1. The molecule has 1 unspecified atom stereocenters. The van der Waals surface area contributed by atoms with E-state index in [1.165, 1.54) is 4.88 Å². The van der Waals surface area contributed by atoms with Crippen LogP contribution in [-0.2, 0) is 4.74 Å². The SMILES string of the molecule is CN=C(NCC(c1cccs1)N1CCOCC1)N1CCN(c2ccccn2)CC1. The molecule has 0 aromatic carbocycles. The number of aliphatic imine (C=N–C) groups is 1. The minimum atomic E-state index is 0.352. The van der Waals surface area contributed by atoms with Gasteiger partial charge < -0.3 is 19.9 Å². The van der Waals surface area contributed by atoms with E-state index in [9.17, 15) is 0 Å². The van der Waals surface area contributed by atoms with Crippen molar-refractivity contribution < 1.29 is 4.74 Å². The van der Waals surface area contributed by atoms with Crippen LogP contribution in [0.25, 0.3) is 0 Å². The van der Waals surface area contributed by atoms with E-state index >= 15 is 0 Å². The fraction of sp³-hybridized carbons (Fsp3) is 0.524. The predicted molar refractivity (Wildman–Crippen MR) is 119 cm³/mol. The number of aromatic nitrogens is 1. The first-order valence-electron chi connectivity index (χ1n) is 10.3. The molecular weight excluding hydrogens is 384 g/mol. The lowest BCUT2D eigenvalue weighted by Gasteiger charge is -2.38. The molecule has 156 valence electrons. The third-order valence-corrected chi connectivity index (χ3v) is 6.55. The van der Waals surface area contributed by atoms with E-state index in [4.69, 9.17) is 4.74 Å². The molecule has 0 bridgehead atoms. The maximum absolute atomic E-state index is 5.56. The van der Waals surface area contributed by atoms with Gasteiger partial charge in [-0.15, -0.1) is 11.3 Å². The molecule has 0 saturated carbocycles. The number of hydrogen-bond acceptors (Lipinski definition) is 6. The van der Waals surface area contributed by atoms with Crippen LogP contribution in [0.1, 0.15) is 10.9 Å². The summed E-state index contributed by atoms with van der Waals surface area (Å²) in [4.78, 5) is 17.7. The Morgan fingerprint density at radius 3 is 2.62 bits per heavy atom. The zero-order valence-electron chi connectivity index (χ0n) is 17.0. The second kappa shape index (κ2) is 10.0. The summed E-state index contributed by atoms with van der Waals surface area (Å²) in [7, 11) is 1.88.